The molecular weight excluding hydrogens is 244 g/mol. The Morgan fingerprint density at radius 2 is 1.78 bits per heavy atom. The van der Waals surface area contributed by atoms with Gasteiger partial charge in [-0.15, -0.1) is 0 Å². The third-order valence-corrected chi connectivity index (χ3v) is 4.64. The van der Waals surface area contributed by atoms with E-state index in [4.69, 9.17) is 9.47 Å². The molecule has 18 heavy (non-hydrogen) atoms. The maximum Gasteiger partial charge on any atom is 0.119 e. The summed E-state index contributed by atoms with van der Waals surface area (Å²) in [6.07, 6.45) is 0.424. The highest BCUT2D eigenvalue weighted by atomic mass is 32.2. The van der Waals surface area contributed by atoms with Gasteiger partial charge in [0.1, 0.15) is 18.0 Å². The zero-order valence-corrected chi connectivity index (χ0v) is 10.7. The van der Waals surface area contributed by atoms with E-state index in [-0.39, 0.29) is 12.2 Å². The van der Waals surface area contributed by atoms with Crippen LogP contribution in [-0.4, -0.2) is 7.11 Å². The molecule has 0 radical (unpaired) electrons. The molecule has 2 nitrogen and oxygen atoms in total. The van der Waals surface area contributed by atoms with E-state index in [2.05, 4.69) is 36.4 Å². The Kier molecular flexibility index (Phi) is 2.19. The normalized spacial score (nSPS) is 23.4. The van der Waals surface area contributed by atoms with Crippen LogP contribution in [0.3, 0.4) is 0 Å². The van der Waals surface area contributed by atoms with Crippen LogP contribution < -0.4 is 4.74 Å². The summed E-state index contributed by atoms with van der Waals surface area (Å²) >= 11 is 1.82. The van der Waals surface area contributed by atoms with E-state index in [1.165, 1.54) is 20.9 Å². The van der Waals surface area contributed by atoms with Crippen molar-refractivity contribution in [2.24, 2.45) is 0 Å². The number of fused-ring (bicyclic) bond motifs is 5. The van der Waals surface area contributed by atoms with Gasteiger partial charge in [0.15, 0.2) is 0 Å². The first-order valence-electron chi connectivity index (χ1n) is 5.97. The predicted octanol–water partition coefficient (Wildman–Crippen LogP) is 3.97. The molecule has 1 fully saturated rings. The molecule has 4 rings (SSSR count). The molecule has 0 bridgehead atoms. The predicted molar refractivity (Wildman–Crippen MR) is 70.1 cm³/mol. The monoisotopic (exact) mass is 256 g/mol. The van der Waals surface area contributed by atoms with Crippen LogP contribution >= 0.6 is 11.8 Å². The van der Waals surface area contributed by atoms with E-state index in [0.717, 1.165) is 5.75 Å². The minimum atomic E-state index is 0.200. The first-order valence-corrected chi connectivity index (χ1v) is 6.78. The maximum absolute atomic E-state index is 5.84. The lowest BCUT2D eigenvalue weighted by atomic mass is 10.0. The summed E-state index contributed by atoms with van der Waals surface area (Å²) in [5.74, 6) is 0.898. The molecule has 0 saturated carbocycles. The van der Waals surface area contributed by atoms with Crippen LogP contribution in [0.5, 0.6) is 5.75 Å². The molecule has 2 atom stereocenters. The second kappa shape index (κ2) is 3.77. The summed E-state index contributed by atoms with van der Waals surface area (Å²) in [5, 5.41) is 0. The van der Waals surface area contributed by atoms with Crippen molar-refractivity contribution in [1.29, 1.82) is 0 Å². The van der Waals surface area contributed by atoms with Gasteiger partial charge in [0.25, 0.3) is 0 Å². The summed E-state index contributed by atoms with van der Waals surface area (Å²) in [6, 6.07) is 14.7. The molecule has 1 saturated heterocycles. The van der Waals surface area contributed by atoms with E-state index in [0.29, 0.717) is 0 Å². The van der Waals surface area contributed by atoms with Crippen molar-refractivity contribution in [3.63, 3.8) is 0 Å². The van der Waals surface area contributed by atoms with Crippen molar-refractivity contribution in [2.75, 3.05) is 7.11 Å². The standard InChI is InChI=1S/C15H12O2S/c1-16-9-6-7-13-11(8-9)15-14(17-15)10-4-2-3-5-12(10)18-13/h2-8,14-15H,1H3. The number of rotatable bonds is 1. The molecule has 0 N–H and O–H groups in total. The second-order valence-electron chi connectivity index (χ2n) is 4.52. The average molecular weight is 256 g/mol. The highest BCUT2D eigenvalue weighted by Crippen LogP contribution is 2.59. The lowest BCUT2D eigenvalue weighted by Gasteiger charge is -2.08. The molecule has 0 aromatic heterocycles. The summed E-state index contributed by atoms with van der Waals surface area (Å²) in [4.78, 5) is 2.57. The van der Waals surface area contributed by atoms with Gasteiger partial charge in [-0.05, 0) is 29.8 Å². The third kappa shape index (κ3) is 1.48. The highest BCUT2D eigenvalue weighted by Gasteiger charge is 2.45. The second-order valence-corrected chi connectivity index (χ2v) is 5.60. The van der Waals surface area contributed by atoms with Gasteiger partial charge in [-0.3, -0.25) is 0 Å². The van der Waals surface area contributed by atoms with Crippen molar-refractivity contribution in [3.8, 4) is 5.75 Å². The van der Waals surface area contributed by atoms with E-state index in [1.807, 2.05) is 17.8 Å². The van der Waals surface area contributed by atoms with Crippen molar-refractivity contribution >= 4 is 11.8 Å². The zero-order chi connectivity index (χ0) is 12.1. The lowest BCUT2D eigenvalue weighted by Crippen LogP contribution is -1.88. The van der Waals surface area contributed by atoms with Crippen LogP contribution in [-0.2, 0) is 4.74 Å². The summed E-state index contributed by atoms with van der Waals surface area (Å²) in [7, 11) is 1.70. The molecule has 90 valence electrons. The molecule has 2 aliphatic rings. The molecule has 2 heterocycles. The lowest BCUT2D eigenvalue weighted by molar-refractivity contribution is 0.372. The van der Waals surface area contributed by atoms with Crippen LogP contribution in [0.4, 0.5) is 0 Å². The summed E-state index contributed by atoms with van der Waals surface area (Å²) in [6.45, 7) is 0. The van der Waals surface area contributed by atoms with Gasteiger partial charge in [-0.25, -0.2) is 0 Å². The summed E-state index contributed by atoms with van der Waals surface area (Å²) < 4.78 is 11.1. The molecule has 0 amide bonds. The van der Waals surface area contributed by atoms with Crippen molar-refractivity contribution in [1.82, 2.24) is 0 Å². The van der Waals surface area contributed by atoms with E-state index in [1.54, 1.807) is 7.11 Å². The van der Waals surface area contributed by atoms with Crippen molar-refractivity contribution in [2.45, 2.75) is 22.0 Å². The fourth-order valence-electron chi connectivity index (χ4n) is 2.48. The van der Waals surface area contributed by atoms with E-state index < -0.39 is 0 Å². The fraction of sp³-hybridized carbons (Fsp3) is 0.200. The molecule has 2 aromatic carbocycles. The van der Waals surface area contributed by atoms with Gasteiger partial charge in [-0.1, -0.05) is 30.0 Å². The number of hydrogen-bond acceptors (Lipinski definition) is 3. The molecule has 0 spiro atoms. The third-order valence-electron chi connectivity index (χ3n) is 3.46. The van der Waals surface area contributed by atoms with Crippen LogP contribution in [0.25, 0.3) is 0 Å². The Bertz CT molecular complexity index is 624. The Morgan fingerprint density at radius 1 is 1.00 bits per heavy atom. The van der Waals surface area contributed by atoms with Crippen LogP contribution in [0, 0.1) is 0 Å². The van der Waals surface area contributed by atoms with Gasteiger partial charge in [-0.2, -0.15) is 0 Å². The number of epoxide rings is 1. The Morgan fingerprint density at radius 3 is 2.67 bits per heavy atom. The molecule has 2 aliphatic heterocycles. The average Bonchev–Trinajstić information content (AvgIpc) is 3.19. The van der Waals surface area contributed by atoms with Crippen LogP contribution in [0.15, 0.2) is 52.3 Å². The zero-order valence-electron chi connectivity index (χ0n) is 9.92. The Balaban J connectivity index is 1.87. The number of benzene rings is 2. The molecule has 3 heteroatoms. The van der Waals surface area contributed by atoms with Gasteiger partial charge < -0.3 is 9.47 Å². The first-order chi connectivity index (χ1) is 8.86. The molecule has 2 aromatic rings. The maximum atomic E-state index is 5.84. The Labute approximate surface area is 110 Å². The fourth-order valence-corrected chi connectivity index (χ4v) is 3.60. The number of methoxy groups -OCH3 is 1. The van der Waals surface area contributed by atoms with Crippen molar-refractivity contribution < 1.29 is 9.47 Å². The van der Waals surface area contributed by atoms with E-state index in [9.17, 15) is 0 Å². The first kappa shape index (κ1) is 10.5. The minimum Gasteiger partial charge on any atom is -0.497 e. The highest BCUT2D eigenvalue weighted by molar-refractivity contribution is 7.99. The Hall–Kier alpha value is -1.45. The molecular formula is C15H12O2S. The van der Waals surface area contributed by atoms with Gasteiger partial charge in [0, 0.05) is 15.4 Å². The number of ether oxygens (including phenoxy) is 2. The van der Waals surface area contributed by atoms with Gasteiger partial charge >= 0.3 is 0 Å². The largest absolute Gasteiger partial charge is 0.497 e. The van der Waals surface area contributed by atoms with Gasteiger partial charge in [0.2, 0.25) is 0 Å². The molecule has 2 unspecified atom stereocenters. The smallest absolute Gasteiger partial charge is 0.119 e. The minimum absolute atomic E-state index is 0.200. The topological polar surface area (TPSA) is 21.8 Å². The number of hydrogen-bond donors (Lipinski definition) is 0. The van der Waals surface area contributed by atoms with Crippen LogP contribution in [0.1, 0.15) is 23.3 Å². The molecule has 0 aliphatic carbocycles. The summed E-state index contributed by atoms with van der Waals surface area (Å²) in [5.41, 5.74) is 2.56. The SMILES string of the molecule is COc1ccc2c(c1)C1OC1c1ccccc1S2. The van der Waals surface area contributed by atoms with Gasteiger partial charge in [0.05, 0.1) is 7.11 Å². The van der Waals surface area contributed by atoms with Crippen molar-refractivity contribution in [3.05, 3.63) is 53.6 Å². The van der Waals surface area contributed by atoms with E-state index >= 15 is 0 Å². The van der Waals surface area contributed by atoms with Crippen LogP contribution in [0.2, 0.25) is 0 Å². The quantitative estimate of drug-likeness (QED) is 0.721.